The van der Waals surface area contributed by atoms with Crippen LogP contribution in [0.5, 0.6) is 0 Å². The lowest BCUT2D eigenvalue weighted by atomic mass is 9.85. The number of carbonyl (C=O) groups excluding carboxylic acids is 2. The quantitative estimate of drug-likeness (QED) is 0.738. The summed E-state index contributed by atoms with van der Waals surface area (Å²) in [6.45, 7) is 1.81. The van der Waals surface area contributed by atoms with E-state index in [4.69, 9.17) is 9.47 Å². The molecule has 2 amide bonds. The molecular formula is C21H19F2NO4. The lowest BCUT2D eigenvalue weighted by molar-refractivity contribution is -0.135. The molecule has 0 spiro atoms. The molecule has 2 aromatic rings. The second kappa shape index (κ2) is 6.98. The molecule has 3 atom stereocenters. The standard InChI is InChI=1S/C21H19F2NO4/c1-13(21(12-28-21)17-8-7-15(22)10-18(17)23)19(25)24-16(11-27-20(24)26)9-14-5-3-2-4-6-14/h2-8,10,13,16H,9,11-12H2,1H3/t13-,16+,21+/m1/s1. The molecule has 0 bridgehead atoms. The topological polar surface area (TPSA) is 59.1 Å². The van der Waals surface area contributed by atoms with Crippen molar-refractivity contribution in [1.82, 2.24) is 4.90 Å². The van der Waals surface area contributed by atoms with Crippen LogP contribution in [0.3, 0.4) is 0 Å². The van der Waals surface area contributed by atoms with Crippen LogP contribution in [0.25, 0.3) is 0 Å². The van der Waals surface area contributed by atoms with E-state index < -0.39 is 41.2 Å². The number of cyclic esters (lactones) is 1. The minimum Gasteiger partial charge on any atom is -0.447 e. The van der Waals surface area contributed by atoms with E-state index >= 15 is 0 Å². The Morgan fingerprint density at radius 3 is 2.61 bits per heavy atom. The Labute approximate surface area is 160 Å². The highest BCUT2D eigenvalue weighted by molar-refractivity contribution is 5.95. The molecular weight excluding hydrogens is 368 g/mol. The highest BCUT2D eigenvalue weighted by atomic mass is 19.1. The molecule has 2 fully saturated rings. The van der Waals surface area contributed by atoms with Crippen LogP contribution in [-0.4, -0.2) is 36.2 Å². The van der Waals surface area contributed by atoms with Crippen molar-refractivity contribution in [3.8, 4) is 0 Å². The molecule has 2 aromatic carbocycles. The molecule has 28 heavy (non-hydrogen) atoms. The molecule has 7 heteroatoms. The molecule has 2 saturated heterocycles. The van der Waals surface area contributed by atoms with Crippen LogP contribution in [0.4, 0.5) is 13.6 Å². The number of rotatable bonds is 5. The Kier molecular flexibility index (Phi) is 4.63. The molecule has 0 radical (unpaired) electrons. The van der Waals surface area contributed by atoms with E-state index in [9.17, 15) is 18.4 Å². The van der Waals surface area contributed by atoms with Gasteiger partial charge in [0, 0.05) is 11.6 Å². The summed E-state index contributed by atoms with van der Waals surface area (Å²) in [7, 11) is 0. The first-order valence-electron chi connectivity index (χ1n) is 9.05. The van der Waals surface area contributed by atoms with Crippen LogP contribution >= 0.6 is 0 Å². The largest absolute Gasteiger partial charge is 0.447 e. The minimum atomic E-state index is -1.20. The smallest absolute Gasteiger partial charge is 0.416 e. The summed E-state index contributed by atoms with van der Waals surface area (Å²) in [5, 5.41) is 0. The normalized spacial score (nSPS) is 24.8. The molecule has 5 nitrogen and oxygen atoms in total. The van der Waals surface area contributed by atoms with Gasteiger partial charge in [0.2, 0.25) is 5.91 Å². The number of ether oxygens (including phenoxy) is 2. The zero-order valence-corrected chi connectivity index (χ0v) is 15.2. The van der Waals surface area contributed by atoms with Crippen LogP contribution in [0.15, 0.2) is 48.5 Å². The molecule has 0 unspecified atom stereocenters. The Morgan fingerprint density at radius 2 is 1.96 bits per heavy atom. The van der Waals surface area contributed by atoms with Crippen molar-refractivity contribution in [3.63, 3.8) is 0 Å². The second-order valence-electron chi connectivity index (χ2n) is 7.15. The lowest BCUT2D eigenvalue weighted by Crippen LogP contribution is -2.46. The Balaban J connectivity index is 1.57. The second-order valence-corrected chi connectivity index (χ2v) is 7.15. The predicted molar refractivity (Wildman–Crippen MR) is 95.3 cm³/mol. The maximum absolute atomic E-state index is 14.3. The van der Waals surface area contributed by atoms with Crippen LogP contribution in [0, 0.1) is 17.6 Å². The van der Waals surface area contributed by atoms with Crippen LogP contribution in [-0.2, 0) is 26.3 Å². The third-order valence-corrected chi connectivity index (χ3v) is 5.42. The number of hydrogen-bond donors (Lipinski definition) is 0. The predicted octanol–water partition coefficient (Wildman–Crippen LogP) is 3.42. The Morgan fingerprint density at radius 1 is 1.25 bits per heavy atom. The molecule has 0 aliphatic carbocycles. The van der Waals surface area contributed by atoms with Crippen molar-refractivity contribution in [2.24, 2.45) is 5.92 Å². The number of halogens is 2. The van der Waals surface area contributed by atoms with Gasteiger partial charge in [-0.05, 0) is 18.1 Å². The van der Waals surface area contributed by atoms with Crippen molar-refractivity contribution < 1.29 is 27.8 Å². The van der Waals surface area contributed by atoms with Crippen molar-refractivity contribution >= 4 is 12.0 Å². The summed E-state index contributed by atoms with van der Waals surface area (Å²) in [6, 6.07) is 12.2. The summed E-state index contributed by atoms with van der Waals surface area (Å²) in [5.41, 5.74) is -0.116. The highest BCUT2D eigenvalue weighted by Gasteiger charge is 2.57. The summed E-state index contributed by atoms with van der Waals surface area (Å²) >= 11 is 0. The highest BCUT2D eigenvalue weighted by Crippen LogP contribution is 2.47. The minimum absolute atomic E-state index is 0.102. The third-order valence-electron chi connectivity index (χ3n) is 5.42. The van der Waals surface area contributed by atoms with Crippen LogP contribution < -0.4 is 0 Å². The fraction of sp³-hybridized carbons (Fsp3) is 0.333. The van der Waals surface area contributed by atoms with Gasteiger partial charge in [-0.15, -0.1) is 0 Å². The number of epoxide rings is 1. The van der Waals surface area contributed by atoms with Gasteiger partial charge in [-0.3, -0.25) is 4.79 Å². The van der Waals surface area contributed by atoms with Crippen LogP contribution in [0.2, 0.25) is 0 Å². The van der Waals surface area contributed by atoms with E-state index in [0.29, 0.717) is 6.42 Å². The Bertz CT molecular complexity index is 914. The van der Waals surface area contributed by atoms with Crippen molar-refractivity contribution in [2.45, 2.75) is 25.0 Å². The average Bonchev–Trinajstić information content (AvgIpc) is 3.40. The van der Waals surface area contributed by atoms with Gasteiger partial charge in [-0.1, -0.05) is 43.3 Å². The van der Waals surface area contributed by atoms with Gasteiger partial charge in [0.25, 0.3) is 0 Å². The molecule has 0 N–H and O–H groups in total. The molecule has 2 heterocycles. The van der Waals surface area contributed by atoms with Crippen molar-refractivity contribution in [1.29, 1.82) is 0 Å². The first-order chi connectivity index (χ1) is 13.4. The van der Waals surface area contributed by atoms with Gasteiger partial charge in [-0.25, -0.2) is 18.5 Å². The van der Waals surface area contributed by atoms with Crippen molar-refractivity contribution in [2.75, 3.05) is 13.2 Å². The average molecular weight is 387 g/mol. The third kappa shape index (κ3) is 3.16. The first kappa shape index (κ1) is 18.6. The van der Waals surface area contributed by atoms with E-state index in [2.05, 4.69) is 0 Å². The fourth-order valence-corrected chi connectivity index (χ4v) is 3.72. The number of benzene rings is 2. The van der Waals surface area contributed by atoms with Gasteiger partial charge >= 0.3 is 6.09 Å². The fourth-order valence-electron chi connectivity index (χ4n) is 3.72. The number of amides is 2. The SMILES string of the molecule is C[C@H](C(=O)N1C(=O)OC[C@@H]1Cc1ccccc1)[C@]1(c2ccc(F)cc2F)CO1. The molecule has 2 aliphatic heterocycles. The van der Waals surface area contributed by atoms with Gasteiger partial charge in [0.1, 0.15) is 23.8 Å². The van der Waals surface area contributed by atoms with E-state index in [0.717, 1.165) is 22.6 Å². The van der Waals surface area contributed by atoms with Gasteiger partial charge in [0.15, 0.2) is 0 Å². The van der Waals surface area contributed by atoms with Crippen molar-refractivity contribution in [3.05, 3.63) is 71.3 Å². The number of hydrogen-bond acceptors (Lipinski definition) is 4. The zero-order valence-electron chi connectivity index (χ0n) is 15.2. The molecule has 2 aliphatic rings. The molecule has 0 saturated carbocycles. The molecule has 146 valence electrons. The van der Waals surface area contributed by atoms with E-state index in [1.165, 1.54) is 6.07 Å². The lowest BCUT2D eigenvalue weighted by Gasteiger charge is -2.26. The number of imide groups is 1. The van der Waals surface area contributed by atoms with Crippen LogP contribution in [0.1, 0.15) is 18.1 Å². The van der Waals surface area contributed by atoms with E-state index in [1.54, 1.807) is 6.92 Å². The summed E-state index contributed by atoms with van der Waals surface area (Å²) in [5.74, 6) is -2.81. The molecule has 4 rings (SSSR count). The maximum atomic E-state index is 14.3. The number of carbonyl (C=O) groups is 2. The van der Waals surface area contributed by atoms with E-state index in [1.807, 2.05) is 30.3 Å². The molecule has 0 aromatic heterocycles. The first-order valence-corrected chi connectivity index (χ1v) is 9.05. The summed E-state index contributed by atoms with van der Waals surface area (Å²) in [6.07, 6.45) is -0.253. The number of nitrogens with zero attached hydrogens (tertiary/aromatic N) is 1. The van der Waals surface area contributed by atoms with E-state index in [-0.39, 0.29) is 18.8 Å². The zero-order chi connectivity index (χ0) is 19.9. The van der Waals surface area contributed by atoms with Gasteiger partial charge < -0.3 is 9.47 Å². The Hall–Kier alpha value is -2.80. The van der Waals surface area contributed by atoms with Gasteiger partial charge in [-0.2, -0.15) is 0 Å². The maximum Gasteiger partial charge on any atom is 0.416 e. The van der Waals surface area contributed by atoms with Gasteiger partial charge in [0.05, 0.1) is 18.6 Å². The monoisotopic (exact) mass is 387 g/mol. The summed E-state index contributed by atoms with van der Waals surface area (Å²) in [4.78, 5) is 26.5. The summed E-state index contributed by atoms with van der Waals surface area (Å²) < 4.78 is 38.1.